The summed E-state index contributed by atoms with van der Waals surface area (Å²) in [5.41, 5.74) is 2.48. The molecule has 1 fully saturated rings. The van der Waals surface area contributed by atoms with Gasteiger partial charge in [-0.1, -0.05) is 22.0 Å². The Labute approximate surface area is 98.3 Å². The van der Waals surface area contributed by atoms with Gasteiger partial charge < -0.3 is 4.90 Å². The van der Waals surface area contributed by atoms with E-state index in [4.69, 9.17) is 10.7 Å². The molecule has 1 aromatic carbocycles. The van der Waals surface area contributed by atoms with E-state index in [-0.39, 0.29) is 6.10 Å². The maximum Gasteiger partial charge on any atom is 0.0978 e. The summed E-state index contributed by atoms with van der Waals surface area (Å²) in [7, 11) is 0. The Morgan fingerprint density at radius 3 is 2.93 bits per heavy atom. The summed E-state index contributed by atoms with van der Waals surface area (Å²) < 4.78 is 1.15. The van der Waals surface area contributed by atoms with Crippen molar-refractivity contribution >= 4 is 21.6 Å². The zero-order chi connectivity index (χ0) is 10.8. The van der Waals surface area contributed by atoms with Crippen LogP contribution in [0, 0.1) is 6.92 Å². The first-order valence-electron chi connectivity index (χ1n) is 5.07. The van der Waals surface area contributed by atoms with Gasteiger partial charge in [0.15, 0.2) is 0 Å². The first-order chi connectivity index (χ1) is 7.20. The van der Waals surface area contributed by atoms with Gasteiger partial charge in [-0.05, 0) is 31.0 Å². The van der Waals surface area contributed by atoms with Crippen molar-refractivity contribution in [2.75, 3.05) is 18.0 Å². The van der Waals surface area contributed by atoms with Crippen LogP contribution in [0.4, 0.5) is 5.69 Å². The van der Waals surface area contributed by atoms with Gasteiger partial charge in [0.25, 0.3) is 0 Å². The Kier molecular flexibility index (Phi) is 3.29. The van der Waals surface area contributed by atoms with Gasteiger partial charge in [0, 0.05) is 23.2 Å². The number of aryl methyl sites for hydroxylation is 1. The average molecular weight is 271 g/mol. The van der Waals surface area contributed by atoms with Crippen LogP contribution in [0.1, 0.15) is 12.0 Å². The number of nitrogens with zero attached hydrogens (tertiary/aromatic N) is 1. The minimum atomic E-state index is 0.171. The van der Waals surface area contributed by atoms with Crippen LogP contribution in [-0.2, 0) is 4.84 Å². The molecule has 3 nitrogen and oxygen atoms in total. The highest BCUT2D eigenvalue weighted by Gasteiger charge is 2.22. The summed E-state index contributed by atoms with van der Waals surface area (Å²) in [5.74, 6) is 5.19. The summed E-state index contributed by atoms with van der Waals surface area (Å²) in [6.45, 7) is 3.98. The molecule has 0 saturated carbocycles. The Hall–Kier alpha value is -0.580. The van der Waals surface area contributed by atoms with Crippen molar-refractivity contribution in [3.63, 3.8) is 0 Å². The molecule has 0 spiro atoms. The van der Waals surface area contributed by atoms with Crippen molar-refractivity contribution in [2.45, 2.75) is 19.4 Å². The molecule has 1 atom stereocenters. The molecule has 1 aliphatic heterocycles. The molecule has 15 heavy (non-hydrogen) atoms. The van der Waals surface area contributed by atoms with Crippen LogP contribution in [-0.4, -0.2) is 19.2 Å². The van der Waals surface area contributed by atoms with Gasteiger partial charge in [0.05, 0.1) is 6.10 Å². The lowest BCUT2D eigenvalue weighted by molar-refractivity contribution is 0.0690. The number of rotatable bonds is 2. The van der Waals surface area contributed by atoms with E-state index >= 15 is 0 Å². The standard InChI is InChI=1S/C11H15BrN2O/c1-8-2-3-9(6-11(8)12)14-5-4-10(7-14)15-13/h2-3,6,10H,4-5,7,13H2,1H3. The molecule has 4 heteroatoms. The molecule has 1 aliphatic rings. The van der Waals surface area contributed by atoms with Crippen LogP contribution >= 0.6 is 15.9 Å². The number of benzene rings is 1. The third-order valence-corrected chi connectivity index (χ3v) is 3.71. The quantitative estimate of drug-likeness (QED) is 0.838. The smallest absolute Gasteiger partial charge is 0.0978 e. The Morgan fingerprint density at radius 2 is 2.33 bits per heavy atom. The second-order valence-electron chi connectivity index (χ2n) is 3.93. The summed E-state index contributed by atoms with van der Waals surface area (Å²) in [5, 5.41) is 0. The van der Waals surface area contributed by atoms with Gasteiger partial charge in [0.1, 0.15) is 0 Å². The molecule has 0 bridgehead atoms. The lowest BCUT2D eigenvalue weighted by atomic mass is 10.2. The summed E-state index contributed by atoms with van der Waals surface area (Å²) in [6, 6.07) is 6.41. The zero-order valence-electron chi connectivity index (χ0n) is 8.74. The van der Waals surface area contributed by atoms with Crippen LogP contribution in [0.5, 0.6) is 0 Å². The highest BCUT2D eigenvalue weighted by atomic mass is 79.9. The second kappa shape index (κ2) is 4.51. The maximum atomic E-state index is 5.19. The maximum absolute atomic E-state index is 5.19. The number of hydrogen-bond donors (Lipinski definition) is 1. The van der Waals surface area contributed by atoms with E-state index in [1.807, 2.05) is 0 Å². The van der Waals surface area contributed by atoms with Gasteiger partial charge in [-0.15, -0.1) is 0 Å². The third kappa shape index (κ3) is 2.33. The van der Waals surface area contributed by atoms with Gasteiger partial charge in [-0.2, -0.15) is 0 Å². The van der Waals surface area contributed by atoms with E-state index in [0.29, 0.717) is 0 Å². The molecule has 0 aromatic heterocycles. The number of hydrogen-bond acceptors (Lipinski definition) is 3. The van der Waals surface area contributed by atoms with Crippen molar-refractivity contribution in [1.82, 2.24) is 0 Å². The van der Waals surface area contributed by atoms with E-state index in [2.05, 4.69) is 46.0 Å². The normalized spacial score (nSPS) is 21.0. The van der Waals surface area contributed by atoms with Gasteiger partial charge in [0.2, 0.25) is 0 Å². The topological polar surface area (TPSA) is 38.5 Å². The molecular weight excluding hydrogens is 256 g/mol. The molecule has 1 saturated heterocycles. The average Bonchev–Trinajstić information content (AvgIpc) is 2.70. The summed E-state index contributed by atoms with van der Waals surface area (Å²) >= 11 is 3.54. The molecule has 2 N–H and O–H groups in total. The summed E-state index contributed by atoms with van der Waals surface area (Å²) in [4.78, 5) is 7.16. The van der Waals surface area contributed by atoms with Crippen LogP contribution in [0.3, 0.4) is 0 Å². The van der Waals surface area contributed by atoms with Crippen molar-refractivity contribution < 1.29 is 4.84 Å². The first kappa shape index (κ1) is 10.9. The van der Waals surface area contributed by atoms with Gasteiger partial charge in [-0.3, -0.25) is 4.84 Å². The Balaban J connectivity index is 2.13. The number of halogens is 1. The molecule has 1 aromatic rings. The fraction of sp³-hybridized carbons (Fsp3) is 0.455. The van der Waals surface area contributed by atoms with Crippen LogP contribution in [0.2, 0.25) is 0 Å². The molecule has 0 radical (unpaired) electrons. The van der Waals surface area contributed by atoms with Gasteiger partial charge in [-0.25, -0.2) is 5.90 Å². The SMILES string of the molecule is Cc1ccc(N2CCC(ON)C2)cc1Br. The lowest BCUT2D eigenvalue weighted by Gasteiger charge is -2.18. The highest BCUT2D eigenvalue weighted by Crippen LogP contribution is 2.26. The second-order valence-corrected chi connectivity index (χ2v) is 4.78. The van der Waals surface area contributed by atoms with Crippen LogP contribution < -0.4 is 10.8 Å². The molecular formula is C11H15BrN2O. The number of nitrogens with two attached hydrogens (primary N) is 1. The minimum absolute atomic E-state index is 0.171. The van der Waals surface area contributed by atoms with Crippen molar-refractivity contribution in [1.29, 1.82) is 0 Å². The first-order valence-corrected chi connectivity index (χ1v) is 5.86. The Bertz CT molecular complexity index is 356. The van der Waals surface area contributed by atoms with E-state index in [1.54, 1.807) is 0 Å². The van der Waals surface area contributed by atoms with E-state index in [0.717, 1.165) is 24.0 Å². The van der Waals surface area contributed by atoms with E-state index < -0.39 is 0 Å². The fourth-order valence-corrected chi connectivity index (χ4v) is 2.22. The molecule has 0 amide bonds. The third-order valence-electron chi connectivity index (χ3n) is 2.86. The van der Waals surface area contributed by atoms with Crippen LogP contribution in [0.15, 0.2) is 22.7 Å². The zero-order valence-corrected chi connectivity index (χ0v) is 10.3. The Morgan fingerprint density at radius 1 is 1.53 bits per heavy atom. The van der Waals surface area contributed by atoms with Crippen LogP contribution in [0.25, 0.3) is 0 Å². The number of anilines is 1. The molecule has 0 aliphatic carbocycles. The molecule has 1 heterocycles. The lowest BCUT2D eigenvalue weighted by Crippen LogP contribution is -2.24. The monoisotopic (exact) mass is 270 g/mol. The molecule has 2 rings (SSSR count). The predicted molar refractivity (Wildman–Crippen MR) is 64.8 cm³/mol. The van der Waals surface area contributed by atoms with Crippen molar-refractivity contribution in [3.8, 4) is 0 Å². The predicted octanol–water partition coefficient (Wildman–Crippen LogP) is 2.23. The highest BCUT2D eigenvalue weighted by molar-refractivity contribution is 9.10. The molecule has 82 valence electrons. The van der Waals surface area contributed by atoms with Crippen molar-refractivity contribution in [3.05, 3.63) is 28.2 Å². The largest absolute Gasteiger partial charge is 0.369 e. The van der Waals surface area contributed by atoms with E-state index in [1.165, 1.54) is 11.3 Å². The van der Waals surface area contributed by atoms with Gasteiger partial charge >= 0.3 is 0 Å². The molecule has 1 unspecified atom stereocenters. The minimum Gasteiger partial charge on any atom is -0.369 e. The van der Waals surface area contributed by atoms with E-state index in [9.17, 15) is 0 Å². The fourth-order valence-electron chi connectivity index (χ4n) is 1.85. The summed E-state index contributed by atoms with van der Waals surface area (Å²) in [6.07, 6.45) is 1.17. The van der Waals surface area contributed by atoms with Crippen molar-refractivity contribution in [2.24, 2.45) is 5.90 Å².